The van der Waals surface area contributed by atoms with Gasteiger partial charge in [0.05, 0.1) is 23.2 Å². The van der Waals surface area contributed by atoms with Gasteiger partial charge in [0, 0.05) is 23.6 Å². The van der Waals surface area contributed by atoms with Crippen molar-refractivity contribution in [3.63, 3.8) is 0 Å². The number of fused-ring (bicyclic) bond motifs is 2. The van der Waals surface area contributed by atoms with Crippen molar-refractivity contribution in [2.24, 2.45) is 44.1 Å². The molecule has 0 radical (unpaired) electrons. The zero-order chi connectivity index (χ0) is 28.4. The summed E-state index contributed by atoms with van der Waals surface area (Å²) in [7, 11) is 0. The molecule has 2 unspecified atom stereocenters. The maximum absolute atomic E-state index is 13.6. The molecule has 2 atom stereocenters. The summed E-state index contributed by atoms with van der Waals surface area (Å²) in [4.78, 5) is 39.9. The molecule has 0 amide bonds. The number of carbonyl (C=O) groups is 2. The molecule has 38 heavy (non-hydrogen) atoms. The number of aromatic nitrogens is 1. The number of rotatable bonds is 4. The maximum Gasteiger partial charge on any atom is 0.174 e. The van der Waals surface area contributed by atoms with Crippen LogP contribution in [0.25, 0.3) is 0 Å². The Bertz CT molecular complexity index is 1420. The van der Waals surface area contributed by atoms with Gasteiger partial charge in [-0.05, 0) is 29.7 Å². The van der Waals surface area contributed by atoms with Gasteiger partial charge in [0.2, 0.25) is 0 Å². The smallest absolute Gasteiger partial charge is 0.174 e. The van der Waals surface area contributed by atoms with Gasteiger partial charge in [0.25, 0.3) is 0 Å². The lowest BCUT2D eigenvalue weighted by Gasteiger charge is -2.39. The SMILES string of the molecule is CC1(C)Cc2nc3c(cc2C(=O)C1C=N/C(C#N)=C(\N)C#N)C(=O)C(C=N/C(C#N)=C(\N)C#N)C(C)(C)C3. The zero-order valence-electron chi connectivity index (χ0n) is 21.4. The summed E-state index contributed by atoms with van der Waals surface area (Å²) in [6, 6.07) is 8.38. The molecule has 0 spiro atoms. The fourth-order valence-electron chi connectivity index (χ4n) is 4.68. The van der Waals surface area contributed by atoms with Crippen LogP contribution in [0, 0.1) is 68.0 Å². The first kappa shape index (κ1) is 27.5. The first-order valence-electron chi connectivity index (χ1n) is 11.6. The number of ketones is 2. The Morgan fingerprint density at radius 3 is 1.50 bits per heavy atom. The predicted molar refractivity (Wildman–Crippen MR) is 137 cm³/mol. The first-order chi connectivity index (χ1) is 17.8. The molecule has 0 saturated carbocycles. The molecule has 3 rings (SSSR count). The number of nitriles is 4. The standard InChI is InChI=1S/C27H25N9O2/c1-26(2)6-20-14(24(37)16(26)12-34-22(10-30)18(32)8-28)5-15-21(36-20)7-27(3,4)17(25(15)38)13-35-23(11-31)19(33)9-29/h5,12-13,16-17H,6-7,32-33H2,1-4H3/b22-18-,23-19-,34-12?,35-13?. The molecular weight excluding hydrogens is 482 g/mol. The van der Waals surface area contributed by atoms with Crippen LogP contribution in [-0.4, -0.2) is 29.0 Å². The predicted octanol–water partition coefficient (Wildman–Crippen LogP) is 2.42. The lowest BCUT2D eigenvalue weighted by molar-refractivity contribution is 0.0844. The van der Waals surface area contributed by atoms with Crippen molar-refractivity contribution in [2.45, 2.75) is 40.5 Å². The number of aliphatic imine (C=N–C) groups is 2. The van der Waals surface area contributed by atoms with Crippen LogP contribution in [0.2, 0.25) is 0 Å². The Morgan fingerprint density at radius 2 is 1.18 bits per heavy atom. The molecule has 0 saturated heterocycles. The van der Waals surface area contributed by atoms with E-state index in [-0.39, 0.29) is 45.5 Å². The fourth-order valence-corrected chi connectivity index (χ4v) is 4.68. The van der Waals surface area contributed by atoms with Crippen molar-refractivity contribution < 1.29 is 9.59 Å². The highest BCUT2D eigenvalue weighted by atomic mass is 16.1. The van der Waals surface area contributed by atoms with Gasteiger partial charge in [-0.3, -0.25) is 14.6 Å². The molecular formula is C27H25N9O2. The second kappa shape index (κ2) is 10.1. The van der Waals surface area contributed by atoms with E-state index < -0.39 is 22.7 Å². The van der Waals surface area contributed by atoms with Gasteiger partial charge >= 0.3 is 0 Å². The average Bonchev–Trinajstić information content (AvgIpc) is 2.86. The van der Waals surface area contributed by atoms with Crippen molar-refractivity contribution in [3.8, 4) is 24.3 Å². The number of hydrogen-bond donors (Lipinski definition) is 2. The lowest BCUT2D eigenvalue weighted by Crippen LogP contribution is -2.43. The third-order valence-electron chi connectivity index (χ3n) is 6.87. The number of allylic oxidation sites excluding steroid dienone is 4. The summed E-state index contributed by atoms with van der Waals surface area (Å²) in [5.74, 6) is -2.14. The van der Waals surface area contributed by atoms with E-state index in [9.17, 15) is 20.1 Å². The molecule has 2 aliphatic rings. The molecule has 0 fully saturated rings. The Labute approximate surface area is 220 Å². The van der Waals surface area contributed by atoms with Crippen molar-refractivity contribution in [1.29, 1.82) is 21.0 Å². The minimum atomic E-state index is -0.755. The van der Waals surface area contributed by atoms with Crippen LogP contribution in [0.15, 0.2) is 38.8 Å². The summed E-state index contributed by atoms with van der Waals surface area (Å²) in [6.45, 7) is 7.52. The van der Waals surface area contributed by atoms with Crippen LogP contribution in [0.1, 0.15) is 59.8 Å². The van der Waals surface area contributed by atoms with Gasteiger partial charge in [-0.1, -0.05) is 27.7 Å². The van der Waals surface area contributed by atoms with E-state index in [2.05, 4.69) is 9.98 Å². The van der Waals surface area contributed by atoms with Gasteiger partial charge in [0.15, 0.2) is 23.0 Å². The summed E-state index contributed by atoms with van der Waals surface area (Å²) in [6.07, 6.45) is 3.48. The number of carbonyl (C=O) groups excluding carboxylic acids is 2. The van der Waals surface area contributed by atoms with E-state index in [4.69, 9.17) is 27.0 Å². The molecule has 11 heteroatoms. The highest BCUT2D eigenvalue weighted by Crippen LogP contribution is 2.43. The molecule has 1 aromatic heterocycles. The molecule has 0 aromatic carbocycles. The number of Topliss-reactive ketones (excluding diaryl/α,β-unsaturated/α-hetero) is 2. The van der Waals surface area contributed by atoms with Crippen molar-refractivity contribution in [2.75, 3.05) is 0 Å². The van der Waals surface area contributed by atoms with E-state index in [0.29, 0.717) is 24.2 Å². The van der Waals surface area contributed by atoms with Crippen LogP contribution in [0.4, 0.5) is 0 Å². The van der Waals surface area contributed by atoms with Gasteiger partial charge in [-0.2, -0.15) is 21.0 Å². The number of hydrogen-bond acceptors (Lipinski definition) is 11. The molecule has 1 heterocycles. The fraction of sp³-hybridized carbons (Fsp3) is 0.370. The van der Waals surface area contributed by atoms with Crippen LogP contribution < -0.4 is 11.5 Å². The molecule has 11 nitrogen and oxygen atoms in total. The van der Waals surface area contributed by atoms with Gasteiger partial charge in [-0.25, -0.2) is 9.98 Å². The molecule has 1 aromatic rings. The van der Waals surface area contributed by atoms with E-state index in [1.807, 2.05) is 27.7 Å². The molecule has 2 aliphatic carbocycles. The van der Waals surface area contributed by atoms with Crippen LogP contribution in [-0.2, 0) is 12.8 Å². The Kier molecular flexibility index (Phi) is 7.29. The van der Waals surface area contributed by atoms with Crippen molar-refractivity contribution in [3.05, 3.63) is 51.4 Å². The van der Waals surface area contributed by atoms with E-state index in [0.717, 1.165) is 0 Å². The topological polar surface area (TPSA) is 219 Å². The summed E-state index contributed by atoms with van der Waals surface area (Å²) < 4.78 is 0. The zero-order valence-corrected chi connectivity index (χ0v) is 21.4. The average molecular weight is 508 g/mol. The minimum absolute atomic E-state index is 0.283. The molecule has 190 valence electrons. The third kappa shape index (κ3) is 4.91. The monoisotopic (exact) mass is 507 g/mol. The largest absolute Gasteiger partial charge is 0.388 e. The Hall–Kier alpha value is -5.13. The second-order valence-electron chi connectivity index (χ2n) is 10.5. The number of nitrogens with zero attached hydrogens (tertiary/aromatic N) is 7. The van der Waals surface area contributed by atoms with E-state index in [1.165, 1.54) is 12.4 Å². The summed E-state index contributed by atoms with van der Waals surface area (Å²) >= 11 is 0. The highest BCUT2D eigenvalue weighted by molar-refractivity contribution is 6.13. The Morgan fingerprint density at radius 1 is 0.816 bits per heavy atom. The van der Waals surface area contributed by atoms with Gasteiger partial charge in [0.1, 0.15) is 35.7 Å². The molecule has 4 N–H and O–H groups in total. The van der Waals surface area contributed by atoms with Crippen molar-refractivity contribution in [1.82, 2.24) is 4.98 Å². The summed E-state index contributed by atoms with van der Waals surface area (Å²) in [5, 5.41) is 36.4. The third-order valence-corrected chi connectivity index (χ3v) is 6.87. The minimum Gasteiger partial charge on any atom is -0.388 e. The van der Waals surface area contributed by atoms with Gasteiger partial charge < -0.3 is 11.5 Å². The van der Waals surface area contributed by atoms with Gasteiger partial charge in [-0.15, -0.1) is 0 Å². The molecule has 0 bridgehead atoms. The highest BCUT2D eigenvalue weighted by Gasteiger charge is 2.45. The van der Waals surface area contributed by atoms with E-state index >= 15 is 0 Å². The van der Waals surface area contributed by atoms with Crippen LogP contribution in [0.3, 0.4) is 0 Å². The van der Waals surface area contributed by atoms with Crippen LogP contribution in [0.5, 0.6) is 0 Å². The maximum atomic E-state index is 13.6. The quantitative estimate of drug-likeness (QED) is 0.450. The van der Waals surface area contributed by atoms with E-state index in [1.54, 1.807) is 30.3 Å². The van der Waals surface area contributed by atoms with Crippen molar-refractivity contribution >= 4 is 24.0 Å². The summed E-state index contributed by atoms with van der Waals surface area (Å²) in [5.41, 5.74) is 10.3. The Balaban J connectivity index is 2.07. The first-order valence-corrected chi connectivity index (χ1v) is 11.6. The molecule has 0 aliphatic heterocycles. The normalized spacial score (nSPS) is 22.7. The second-order valence-corrected chi connectivity index (χ2v) is 10.5. The lowest BCUT2D eigenvalue weighted by atomic mass is 9.65. The number of pyridine rings is 1. The number of nitrogens with two attached hydrogens (primary N) is 2. The van der Waals surface area contributed by atoms with Crippen LogP contribution >= 0.6 is 0 Å².